The standard InChI is InChI=1S/C21H21N3O4S/c1-14-5-10-19(11-15(14)2)29(26,27)24(4)17-6-8-18(9-7-17)28-21(25)20-13-22-16(3)12-23-20/h5-13H,1-4H3. The first-order chi connectivity index (χ1) is 13.7. The fourth-order valence-corrected chi connectivity index (χ4v) is 3.83. The molecule has 1 heterocycles. The molecular weight excluding hydrogens is 390 g/mol. The number of benzene rings is 2. The molecule has 0 aliphatic rings. The lowest BCUT2D eigenvalue weighted by molar-refractivity contribution is 0.0728. The highest BCUT2D eigenvalue weighted by molar-refractivity contribution is 7.92. The Balaban J connectivity index is 1.77. The largest absolute Gasteiger partial charge is 0.422 e. The number of aryl methyl sites for hydroxylation is 3. The number of hydrogen-bond donors (Lipinski definition) is 0. The first kappa shape index (κ1) is 20.5. The number of anilines is 1. The van der Waals surface area contributed by atoms with E-state index >= 15 is 0 Å². The molecule has 0 amide bonds. The third-order valence-corrected chi connectivity index (χ3v) is 6.32. The Bertz CT molecular complexity index is 1140. The Morgan fingerprint density at radius 3 is 2.21 bits per heavy atom. The summed E-state index contributed by atoms with van der Waals surface area (Å²) in [5, 5.41) is 0. The quantitative estimate of drug-likeness (QED) is 0.472. The number of aromatic nitrogens is 2. The van der Waals surface area contributed by atoms with Gasteiger partial charge < -0.3 is 4.74 Å². The third kappa shape index (κ3) is 4.43. The molecule has 3 rings (SSSR count). The average molecular weight is 411 g/mol. The second-order valence-electron chi connectivity index (χ2n) is 6.65. The van der Waals surface area contributed by atoms with E-state index in [4.69, 9.17) is 4.74 Å². The maximum Gasteiger partial charge on any atom is 0.363 e. The summed E-state index contributed by atoms with van der Waals surface area (Å²) >= 11 is 0. The fourth-order valence-electron chi connectivity index (χ4n) is 2.55. The highest BCUT2D eigenvalue weighted by Crippen LogP contribution is 2.25. The molecule has 0 aliphatic carbocycles. The number of ether oxygens (including phenoxy) is 1. The number of esters is 1. The smallest absolute Gasteiger partial charge is 0.363 e. The topological polar surface area (TPSA) is 89.5 Å². The van der Waals surface area contributed by atoms with Crippen molar-refractivity contribution in [3.8, 4) is 5.75 Å². The van der Waals surface area contributed by atoms with Crippen LogP contribution in [0.5, 0.6) is 5.75 Å². The van der Waals surface area contributed by atoms with Crippen LogP contribution in [0.15, 0.2) is 59.8 Å². The summed E-state index contributed by atoms with van der Waals surface area (Å²) in [4.78, 5) is 20.3. The van der Waals surface area contributed by atoms with Crippen molar-refractivity contribution >= 4 is 21.7 Å². The van der Waals surface area contributed by atoms with Gasteiger partial charge in [0.05, 0.1) is 22.5 Å². The Morgan fingerprint density at radius 2 is 1.62 bits per heavy atom. The monoisotopic (exact) mass is 411 g/mol. The van der Waals surface area contributed by atoms with Crippen LogP contribution in [0.4, 0.5) is 5.69 Å². The zero-order valence-electron chi connectivity index (χ0n) is 16.6. The van der Waals surface area contributed by atoms with Crippen LogP contribution in [0, 0.1) is 20.8 Å². The summed E-state index contributed by atoms with van der Waals surface area (Å²) < 4.78 is 32.2. The van der Waals surface area contributed by atoms with E-state index in [1.807, 2.05) is 13.8 Å². The van der Waals surface area contributed by atoms with Crippen LogP contribution < -0.4 is 9.04 Å². The van der Waals surface area contributed by atoms with Crippen LogP contribution >= 0.6 is 0 Å². The summed E-state index contributed by atoms with van der Waals surface area (Å²) in [7, 11) is -2.23. The predicted molar refractivity (Wildman–Crippen MR) is 110 cm³/mol. The first-order valence-electron chi connectivity index (χ1n) is 8.85. The maximum atomic E-state index is 12.9. The molecule has 0 fully saturated rings. The minimum atomic E-state index is -3.71. The molecule has 7 nitrogen and oxygen atoms in total. The van der Waals surface area contributed by atoms with Crippen molar-refractivity contribution in [1.29, 1.82) is 0 Å². The molecule has 3 aromatic rings. The zero-order valence-corrected chi connectivity index (χ0v) is 17.4. The summed E-state index contributed by atoms with van der Waals surface area (Å²) in [5.74, 6) is -0.362. The van der Waals surface area contributed by atoms with Gasteiger partial charge in [-0.1, -0.05) is 6.07 Å². The van der Waals surface area contributed by atoms with Gasteiger partial charge in [0.25, 0.3) is 10.0 Å². The second kappa shape index (κ2) is 8.00. The van der Waals surface area contributed by atoms with Crippen LogP contribution in [-0.4, -0.2) is 31.4 Å². The molecular formula is C21H21N3O4S. The Morgan fingerprint density at radius 1 is 0.931 bits per heavy atom. The molecule has 0 bridgehead atoms. The number of carbonyl (C=O) groups excluding carboxylic acids is 1. The molecule has 0 N–H and O–H groups in total. The Hall–Kier alpha value is -3.26. The summed E-state index contributed by atoms with van der Waals surface area (Å²) in [6.45, 7) is 5.57. The lowest BCUT2D eigenvalue weighted by Gasteiger charge is -2.20. The Kier molecular flexibility index (Phi) is 5.65. The van der Waals surface area contributed by atoms with Gasteiger partial charge in [0.1, 0.15) is 5.75 Å². The van der Waals surface area contributed by atoms with Crippen molar-refractivity contribution < 1.29 is 17.9 Å². The lowest BCUT2D eigenvalue weighted by atomic mass is 10.1. The normalized spacial score (nSPS) is 11.2. The summed E-state index contributed by atoms with van der Waals surface area (Å²) in [5.41, 5.74) is 3.16. The molecule has 0 atom stereocenters. The van der Waals surface area contributed by atoms with Gasteiger partial charge in [-0.25, -0.2) is 18.2 Å². The van der Waals surface area contributed by atoms with Gasteiger partial charge in [-0.15, -0.1) is 0 Å². The molecule has 0 saturated heterocycles. The van der Waals surface area contributed by atoms with Crippen LogP contribution in [-0.2, 0) is 10.0 Å². The highest BCUT2D eigenvalue weighted by atomic mass is 32.2. The minimum absolute atomic E-state index is 0.0918. The van der Waals surface area contributed by atoms with E-state index in [0.29, 0.717) is 11.4 Å². The predicted octanol–water partition coefficient (Wildman–Crippen LogP) is 3.45. The first-order valence-corrected chi connectivity index (χ1v) is 10.3. The molecule has 2 aromatic carbocycles. The van der Waals surface area contributed by atoms with Gasteiger partial charge in [-0.2, -0.15) is 0 Å². The van der Waals surface area contributed by atoms with Gasteiger partial charge in [-0.3, -0.25) is 9.29 Å². The van der Waals surface area contributed by atoms with Crippen molar-refractivity contribution in [2.75, 3.05) is 11.4 Å². The van der Waals surface area contributed by atoms with E-state index in [-0.39, 0.29) is 16.3 Å². The molecule has 29 heavy (non-hydrogen) atoms. The molecule has 0 saturated carbocycles. The van der Waals surface area contributed by atoms with E-state index in [1.165, 1.54) is 35.9 Å². The van der Waals surface area contributed by atoms with E-state index in [1.54, 1.807) is 37.3 Å². The van der Waals surface area contributed by atoms with E-state index in [9.17, 15) is 13.2 Å². The Labute approximate surface area is 170 Å². The summed E-state index contributed by atoms with van der Waals surface area (Å²) in [6, 6.07) is 11.2. The molecule has 0 unspecified atom stereocenters. The number of nitrogens with zero attached hydrogens (tertiary/aromatic N) is 3. The summed E-state index contributed by atoms with van der Waals surface area (Å²) in [6.07, 6.45) is 2.82. The van der Waals surface area contributed by atoms with Gasteiger partial charge in [-0.05, 0) is 68.3 Å². The number of rotatable bonds is 5. The van der Waals surface area contributed by atoms with E-state index in [2.05, 4.69) is 9.97 Å². The van der Waals surface area contributed by atoms with Crippen LogP contribution in [0.2, 0.25) is 0 Å². The molecule has 8 heteroatoms. The van der Waals surface area contributed by atoms with Crippen molar-refractivity contribution in [3.05, 3.63) is 77.4 Å². The molecule has 0 spiro atoms. The van der Waals surface area contributed by atoms with Crippen LogP contribution in [0.1, 0.15) is 27.3 Å². The van der Waals surface area contributed by atoms with Crippen molar-refractivity contribution in [2.45, 2.75) is 25.7 Å². The van der Waals surface area contributed by atoms with Gasteiger partial charge in [0, 0.05) is 13.2 Å². The molecule has 0 radical (unpaired) electrons. The second-order valence-corrected chi connectivity index (χ2v) is 8.61. The highest BCUT2D eigenvalue weighted by Gasteiger charge is 2.22. The molecule has 0 aliphatic heterocycles. The van der Waals surface area contributed by atoms with Gasteiger partial charge in [0.2, 0.25) is 0 Å². The number of sulfonamides is 1. The number of hydrogen-bond acceptors (Lipinski definition) is 6. The van der Waals surface area contributed by atoms with Gasteiger partial charge in [0.15, 0.2) is 5.69 Å². The molecule has 1 aromatic heterocycles. The average Bonchev–Trinajstić information content (AvgIpc) is 2.70. The number of carbonyl (C=O) groups is 1. The SMILES string of the molecule is Cc1cnc(C(=O)Oc2ccc(N(C)S(=O)(=O)c3ccc(C)c(C)c3)cc2)cn1. The lowest BCUT2D eigenvalue weighted by Crippen LogP contribution is -2.26. The van der Waals surface area contributed by atoms with Crippen LogP contribution in [0.25, 0.3) is 0 Å². The fraction of sp³-hybridized carbons (Fsp3) is 0.190. The van der Waals surface area contributed by atoms with Crippen molar-refractivity contribution in [2.24, 2.45) is 0 Å². The van der Waals surface area contributed by atoms with Gasteiger partial charge >= 0.3 is 5.97 Å². The van der Waals surface area contributed by atoms with Crippen molar-refractivity contribution in [1.82, 2.24) is 9.97 Å². The molecule has 150 valence electrons. The van der Waals surface area contributed by atoms with E-state index < -0.39 is 16.0 Å². The van der Waals surface area contributed by atoms with E-state index in [0.717, 1.165) is 11.1 Å². The maximum absolute atomic E-state index is 12.9. The minimum Gasteiger partial charge on any atom is -0.422 e. The third-order valence-electron chi connectivity index (χ3n) is 4.54. The van der Waals surface area contributed by atoms with Crippen molar-refractivity contribution in [3.63, 3.8) is 0 Å². The zero-order chi connectivity index (χ0) is 21.2. The van der Waals surface area contributed by atoms with Crippen LogP contribution in [0.3, 0.4) is 0 Å².